The molecule has 0 aromatic heterocycles. The number of carbonyl (C=O) groups excluding carboxylic acids is 2. The molecule has 2 fully saturated rings. The van der Waals surface area contributed by atoms with Crippen molar-refractivity contribution in [3.63, 3.8) is 0 Å². The van der Waals surface area contributed by atoms with Crippen molar-refractivity contribution < 1.29 is 9.59 Å². The second-order valence-corrected chi connectivity index (χ2v) is 7.60. The van der Waals surface area contributed by atoms with Crippen LogP contribution in [0.15, 0.2) is 35.7 Å². The third-order valence-electron chi connectivity index (χ3n) is 4.69. The van der Waals surface area contributed by atoms with Gasteiger partial charge < -0.3 is 15.5 Å². The molecule has 3 atom stereocenters. The lowest BCUT2D eigenvalue weighted by Gasteiger charge is -2.35. The van der Waals surface area contributed by atoms with Crippen molar-refractivity contribution in [1.29, 1.82) is 0 Å². The fraction of sp³-hybridized carbons (Fsp3) is 0.412. The number of benzene rings is 1. The zero-order chi connectivity index (χ0) is 16.7. The first-order valence-electron chi connectivity index (χ1n) is 8.08. The van der Waals surface area contributed by atoms with Gasteiger partial charge in [-0.2, -0.15) is 0 Å². The number of anilines is 1. The van der Waals surface area contributed by atoms with Gasteiger partial charge in [0.05, 0.1) is 5.92 Å². The van der Waals surface area contributed by atoms with Crippen LogP contribution in [0.1, 0.15) is 11.7 Å². The molecule has 6 nitrogen and oxygen atoms in total. The van der Waals surface area contributed by atoms with Gasteiger partial charge in [-0.15, -0.1) is 11.8 Å². The standard InChI is InChI=1S/C17H20N4O2S/c1-21-8-11(9-21)16(22)18-12-4-2-10(3-5-12)15-19-13-6-7-24-14(13)17(23)20-15/h2-7,11,13-15,19H,8-9H2,1H3,(H,18,22)(H,20,23). The van der Waals surface area contributed by atoms with Crippen LogP contribution < -0.4 is 16.0 Å². The Kier molecular flexibility index (Phi) is 4.07. The van der Waals surface area contributed by atoms with E-state index in [9.17, 15) is 9.59 Å². The van der Waals surface area contributed by atoms with Gasteiger partial charge in [0.25, 0.3) is 0 Å². The first-order chi connectivity index (χ1) is 11.6. The van der Waals surface area contributed by atoms with E-state index in [4.69, 9.17) is 0 Å². The van der Waals surface area contributed by atoms with E-state index in [1.165, 1.54) is 0 Å². The summed E-state index contributed by atoms with van der Waals surface area (Å²) in [4.78, 5) is 26.3. The van der Waals surface area contributed by atoms with Crippen LogP contribution in [0.2, 0.25) is 0 Å². The van der Waals surface area contributed by atoms with Crippen LogP contribution in [0.25, 0.3) is 0 Å². The second-order valence-electron chi connectivity index (χ2n) is 6.55. The number of likely N-dealkylation sites (tertiary alicyclic amines) is 1. The van der Waals surface area contributed by atoms with E-state index >= 15 is 0 Å². The number of nitrogens with one attached hydrogen (secondary N) is 3. The molecule has 7 heteroatoms. The van der Waals surface area contributed by atoms with Gasteiger partial charge in [-0.3, -0.25) is 14.9 Å². The Balaban J connectivity index is 1.39. The SMILES string of the molecule is CN1CC(C(=O)Nc2ccc(C3NC(=O)C4SC=CC4N3)cc2)C1. The molecule has 0 radical (unpaired) electrons. The van der Waals surface area contributed by atoms with Crippen LogP contribution in [0.3, 0.4) is 0 Å². The van der Waals surface area contributed by atoms with Crippen molar-refractivity contribution in [2.75, 3.05) is 25.5 Å². The maximum absolute atomic E-state index is 12.1. The van der Waals surface area contributed by atoms with Crippen molar-refractivity contribution in [2.24, 2.45) is 5.92 Å². The summed E-state index contributed by atoms with van der Waals surface area (Å²) < 4.78 is 0. The Hall–Kier alpha value is -1.83. The maximum atomic E-state index is 12.1. The molecule has 3 unspecified atom stereocenters. The van der Waals surface area contributed by atoms with Gasteiger partial charge in [0.1, 0.15) is 11.4 Å². The molecular weight excluding hydrogens is 324 g/mol. The normalized spacial score (nSPS) is 29.7. The topological polar surface area (TPSA) is 73.5 Å². The van der Waals surface area contributed by atoms with Crippen molar-refractivity contribution in [1.82, 2.24) is 15.5 Å². The molecule has 1 aromatic carbocycles. The predicted octanol–water partition coefficient (Wildman–Crippen LogP) is 0.902. The Morgan fingerprint density at radius 3 is 2.75 bits per heavy atom. The van der Waals surface area contributed by atoms with Crippen molar-refractivity contribution in [3.8, 4) is 0 Å². The van der Waals surface area contributed by atoms with Crippen molar-refractivity contribution >= 4 is 29.3 Å². The Morgan fingerprint density at radius 1 is 1.29 bits per heavy atom. The molecule has 3 N–H and O–H groups in total. The minimum Gasteiger partial charge on any atom is -0.336 e. The van der Waals surface area contributed by atoms with E-state index < -0.39 is 0 Å². The van der Waals surface area contributed by atoms with Gasteiger partial charge in [0, 0.05) is 24.8 Å². The molecule has 0 bridgehead atoms. The highest BCUT2D eigenvalue weighted by Gasteiger charge is 2.37. The number of amides is 2. The van der Waals surface area contributed by atoms with Crippen LogP contribution >= 0.6 is 11.8 Å². The van der Waals surface area contributed by atoms with Gasteiger partial charge in [0.15, 0.2) is 0 Å². The predicted molar refractivity (Wildman–Crippen MR) is 94.4 cm³/mol. The highest BCUT2D eigenvalue weighted by molar-refractivity contribution is 8.03. The average Bonchev–Trinajstić information content (AvgIpc) is 3.01. The molecule has 1 aromatic rings. The fourth-order valence-corrected chi connectivity index (χ4v) is 4.23. The van der Waals surface area contributed by atoms with E-state index in [2.05, 4.69) is 20.9 Å². The van der Waals surface area contributed by atoms with E-state index in [0.717, 1.165) is 24.3 Å². The number of hydrogen-bond donors (Lipinski definition) is 3. The van der Waals surface area contributed by atoms with E-state index in [1.54, 1.807) is 11.8 Å². The van der Waals surface area contributed by atoms with Crippen molar-refractivity contribution in [2.45, 2.75) is 17.5 Å². The molecule has 3 aliphatic heterocycles. The number of nitrogens with zero attached hydrogens (tertiary/aromatic N) is 1. The van der Waals surface area contributed by atoms with Crippen LogP contribution in [0.4, 0.5) is 5.69 Å². The minimum atomic E-state index is -0.202. The molecule has 3 aliphatic rings. The van der Waals surface area contributed by atoms with Gasteiger partial charge in [-0.05, 0) is 30.2 Å². The Bertz CT molecular complexity index is 684. The molecule has 4 rings (SSSR count). The summed E-state index contributed by atoms with van der Waals surface area (Å²) in [6, 6.07) is 7.71. The summed E-state index contributed by atoms with van der Waals surface area (Å²) in [6.07, 6.45) is 1.83. The van der Waals surface area contributed by atoms with E-state index in [0.29, 0.717) is 0 Å². The highest BCUT2D eigenvalue weighted by atomic mass is 32.2. The average molecular weight is 344 g/mol. The lowest BCUT2D eigenvalue weighted by Crippen LogP contribution is -2.56. The maximum Gasteiger partial charge on any atom is 0.236 e. The molecule has 0 saturated carbocycles. The smallest absolute Gasteiger partial charge is 0.236 e. The molecule has 24 heavy (non-hydrogen) atoms. The Labute approximate surface area is 145 Å². The summed E-state index contributed by atoms with van der Waals surface area (Å²) in [5.74, 6) is 0.212. The number of fused-ring (bicyclic) bond motifs is 1. The molecule has 0 spiro atoms. The third kappa shape index (κ3) is 2.94. The van der Waals surface area contributed by atoms with Crippen LogP contribution in [-0.4, -0.2) is 48.1 Å². The first kappa shape index (κ1) is 15.7. The molecular formula is C17H20N4O2S. The fourth-order valence-electron chi connectivity index (χ4n) is 3.27. The second kappa shape index (κ2) is 6.23. The van der Waals surface area contributed by atoms with Gasteiger partial charge in [0.2, 0.25) is 11.8 Å². The van der Waals surface area contributed by atoms with E-state index in [-0.39, 0.29) is 35.2 Å². The van der Waals surface area contributed by atoms with Crippen LogP contribution in [0, 0.1) is 5.92 Å². The third-order valence-corrected chi connectivity index (χ3v) is 5.80. The molecule has 2 saturated heterocycles. The van der Waals surface area contributed by atoms with Crippen molar-refractivity contribution in [3.05, 3.63) is 41.3 Å². The minimum absolute atomic E-state index is 0.0604. The Morgan fingerprint density at radius 2 is 2.04 bits per heavy atom. The molecule has 126 valence electrons. The van der Waals surface area contributed by atoms with Gasteiger partial charge in [-0.1, -0.05) is 18.2 Å². The number of thioether (sulfide) groups is 1. The first-order valence-corrected chi connectivity index (χ1v) is 9.02. The van der Waals surface area contributed by atoms with Gasteiger partial charge in [-0.25, -0.2) is 0 Å². The lowest BCUT2D eigenvalue weighted by atomic mass is 10.00. The summed E-state index contributed by atoms with van der Waals surface area (Å²) >= 11 is 1.55. The summed E-state index contributed by atoms with van der Waals surface area (Å²) in [5.41, 5.74) is 1.77. The molecule has 2 amide bonds. The lowest BCUT2D eigenvalue weighted by molar-refractivity contribution is -0.124. The van der Waals surface area contributed by atoms with E-state index in [1.807, 2.05) is 42.8 Å². The van der Waals surface area contributed by atoms with Gasteiger partial charge >= 0.3 is 0 Å². The highest BCUT2D eigenvalue weighted by Crippen LogP contribution is 2.30. The number of carbonyl (C=O) groups is 2. The number of rotatable bonds is 3. The zero-order valence-corrected chi connectivity index (χ0v) is 14.2. The largest absolute Gasteiger partial charge is 0.336 e. The monoisotopic (exact) mass is 344 g/mol. The summed E-state index contributed by atoms with van der Waals surface area (Å²) in [5, 5.41) is 11.3. The summed E-state index contributed by atoms with van der Waals surface area (Å²) in [6.45, 7) is 1.63. The molecule has 3 heterocycles. The van der Waals surface area contributed by atoms with Crippen LogP contribution in [0.5, 0.6) is 0 Å². The quantitative estimate of drug-likeness (QED) is 0.760. The molecule has 0 aliphatic carbocycles. The van der Waals surface area contributed by atoms with Crippen LogP contribution in [-0.2, 0) is 9.59 Å². The number of hydrogen-bond acceptors (Lipinski definition) is 5. The zero-order valence-electron chi connectivity index (χ0n) is 13.4. The summed E-state index contributed by atoms with van der Waals surface area (Å²) in [7, 11) is 2.01.